The first-order chi connectivity index (χ1) is 7.15. The lowest BCUT2D eigenvalue weighted by molar-refractivity contribution is -0.140. The summed E-state index contributed by atoms with van der Waals surface area (Å²) in [5.74, 6) is -0.0605. The van der Waals surface area contributed by atoms with Crippen molar-refractivity contribution in [1.82, 2.24) is 9.97 Å². The molecular weight excluding hydrogens is 220 g/mol. The Hall–Kier alpha value is -1.56. The summed E-state index contributed by atoms with van der Waals surface area (Å²) in [5, 5.41) is 2.85. The number of carbonyl (C=O) groups excluding carboxylic acids is 1. The Bertz CT molecular complexity index is 358. The average molecular weight is 231 g/mol. The Kier molecular flexibility index (Phi) is 4.11. The third kappa shape index (κ3) is 3.25. The third-order valence-corrected chi connectivity index (χ3v) is 1.84. The molecule has 0 atom stereocenters. The van der Waals surface area contributed by atoms with Gasteiger partial charge in [-0.1, -0.05) is 11.6 Å². The van der Waals surface area contributed by atoms with Crippen LogP contribution in [0.5, 0.6) is 0 Å². The molecule has 7 heteroatoms. The maximum atomic E-state index is 11.0. The number of hydrogen-bond acceptors (Lipinski definition) is 6. The van der Waals surface area contributed by atoms with Crippen LogP contribution in [0.1, 0.15) is 6.92 Å². The Balaban J connectivity index is 2.58. The van der Waals surface area contributed by atoms with Crippen LogP contribution in [0.25, 0.3) is 0 Å². The molecule has 3 N–H and O–H groups in total. The van der Waals surface area contributed by atoms with E-state index in [4.69, 9.17) is 22.1 Å². The van der Waals surface area contributed by atoms with Crippen molar-refractivity contribution >= 4 is 29.1 Å². The van der Waals surface area contributed by atoms with Gasteiger partial charge in [0.05, 0.1) is 6.61 Å². The van der Waals surface area contributed by atoms with Crippen molar-refractivity contribution < 1.29 is 9.53 Å². The number of carbonyl (C=O) groups is 1. The van der Waals surface area contributed by atoms with Crippen molar-refractivity contribution in [2.75, 3.05) is 24.2 Å². The Morgan fingerprint density at radius 2 is 2.40 bits per heavy atom. The van der Waals surface area contributed by atoms with Gasteiger partial charge in [-0.25, -0.2) is 9.97 Å². The van der Waals surface area contributed by atoms with Gasteiger partial charge >= 0.3 is 5.97 Å². The second-order valence-electron chi connectivity index (χ2n) is 2.59. The van der Waals surface area contributed by atoms with Crippen LogP contribution in [0.4, 0.5) is 11.5 Å². The summed E-state index contributed by atoms with van der Waals surface area (Å²) in [7, 11) is 0. The SMILES string of the molecule is CCOC(=O)CNc1ncnc(Cl)c1N. The van der Waals surface area contributed by atoms with Gasteiger partial charge in [0.25, 0.3) is 0 Å². The highest BCUT2D eigenvalue weighted by Crippen LogP contribution is 2.21. The monoisotopic (exact) mass is 230 g/mol. The maximum absolute atomic E-state index is 11.0. The molecule has 0 radical (unpaired) electrons. The number of esters is 1. The first-order valence-electron chi connectivity index (χ1n) is 4.30. The summed E-state index contributed by atoms with van der Waals surface area (Å²) in [4.78, 5) is 18.5. The van der Waals surface area contributed by atoms with Gasteiger partial charge in [0, 0.05) is 0 Å². The molecule has 0 spiro atoms. The van der Waals surface area contributed by atoms with Crippen LogP contribution in [0, 0.1) is 0 Å². The van der Waals surface area contributed by atoms with Gasteiger partial charge in [-0.05, 0) is 6.92 Å². The molecular formula is C8H11ClN4O2. The minimum absolute atomic E-state index is 0.00855. The minimum Gasteiger partial charge on any atom is -0.465 e. The van der Waals surface area contributed by atoms with Crippen LogP contribution in [-0.2, 0) is 9.53 Å². The van der Waals surface area contributed by atoms with Gasteiger partial charge in [0.2, 0.25) is 0 Å². The molecule has 0 saturated carbocycles. The van der Waals surface area contributed by atoms with Gasteiger partial charge in [-0.2, -0.15) is 0 Å². The van der Waals surface area contributed by atoms with Crippen LogP contribution in [0.3, 0.4) is 0 Å². The molecule has 1 aromatic heterocycles. The number of nitrogens with one attached hydrogen (secondary N) is 1. The number of halogens is 1. The molecule has 0 unspecified atom stereocenters. The molecule has 1 heterocycles. The summed E-state index contributed by atoms with van der Waals surface area (Å²) in [6.07, 6.45) is 1.26. The third-order valence-electron chi connectivity index (χ3n) is 1.54. The van der Waals surface area contributed by atoms with Gasteiger partial charge in [0.15, 0.2) is 11.0 Å². The minimum atomic E-state index is -0.383. The van der Waals surface area contributed by atoms with Crippen molar-refractivity contribution in [1.29, 1.82) is 0 Å². The molecule has 0 saturated heterocycles. The highest BCUT2D eigenvalue weighted by molar-refractivity contribution is 6.32. The van der Waals surface area contributed by atoms with Crippen LogP contribution in [0.2, 0.25) is 5.15 Å². The average Bonchev–Trinajstić information content (AvgIpc) is 2.21. The summed E-state index contributed by atoms with van der Waals surface area (Å²) in [5.41, 5.74) is 5.78. The molecule has 0 amide bonds. The zero-order valence-corrected chi connectivity index (χ0v) is 8.91. The number of rotatable bonds is 4. The van der Waals surface area contributed by atoms with E-state index in [1.165, 1.54) is 6.33 Å². The van der Waals surface area contributed by atoms with E-state index in [1.807, 2.05) is 0 Å². The van der Waals surface area contributed by atoms with E-state index in [1.54, 1.807) is 6.92 Å². The van der Waals surface area contributed by atoms with Crippen molar-refractivity contribution in [2.24, 2.45) is 0 Å². The number of anilines is 2. The standard InChI is InChI=1S/C8H11ClN4O2/c1-2-15-5(14)3-11-8-6(10)7(9)12-4-13-8/h4H,2-3,10H2,1H3,(H,11,12,13). The van der Waals surface area contributed by atoms with Crippen molar-refractivity contribution in [3.63, 3.8) is 0 Å². The van der Waals surface area contributed by atoms with Crippen molar-refractivity contribution in [3.8, 4) is 0 Å². The first kappa shape index (κ1) is 11.5. The quantitative estimate of drug-likeness (QED) is 0.584. The molecule has 82 valence electrons. The summed E-state index contributed by atoms with van der Waals surface area (Å²) in [6, 6.07) is 0. The lowest BCUT2D eigenvalue weighted by Gasteiger charge is -2.07. The molecule has 1 aromatic rings. The largest absolute Gasteiger partial charge is 0.465 e. The predicted molar refractivity (Wildman–Crippen MR) is 56.6 cm³/mol. The highest BCUT2D eigenvalue weighted by Gasteiger charge is 2.07. The first-order valence-corrected chi connectivity index (χ1v) is 4.68. The van der Waals surface area contributed by atoms with Gasteiger partial charge in [0.1, 0.15) is 18.6 Å². The van der Waals surface area contributed by atoms with Gasteiger partial charge in [-0.15, -0.1) is 0 Å². The van der Waals surface area contributed by atoms with Crippen molar-refractivity contribution in [2.45, 2.75) is 6.92 Å². The summed E-state index contributed by atoms with van der Waals surface area (Å²) in [6.45, 7) is 2.06. The van der Waals surface area contributed by atoms with E-state index in [2.05, 4.69) is 15.3 Å². The molecule has 0 aliphatic heterocycles. The lowest BCUT2D eigenvalue weighted by Crippen LogP contribution is -2.18. The van der Waals surface area contributed by atoms with Crippen LogP contribution in [-0.4, -0.2) is 29.1 Å². The molecule has 0 bridgehead atoms. The normalized spacial score (nSPS) is 9.73. The number of aromatic nitrogens is 2. The van der Waals surface area contributed by atoms with Gasteiger partial charge in [-0.3, -0.25) is 4.79 Å². The lowest BCUT2D eigenvalue weighted by atomic mass is 10.4. The van der Waals surface area contributed by atoms with E-state index < -0.39 is 0 Å². The number of nitrogen functional groups attached to an aromatic ring is 1. The number of nitrogens with zero attached hydrogens (tertiary/aromatic N) is 2. The Labute approximate surface area is 91.8 Å². The van der Waals surface area contributed by atoms with Crippen LogP contribution < -0.4 is 11.1 Å². The zero-order valence-electron chi connectivity index (χ0n) is 8.16. The molecule has 0 aliphatic carbocycles. The van der Waals surface area contributed by atoms with Crippen molar-refractivity contribution in [3.05, 3.63) is 11.5 Å². The molecule has 0 aliphatic rings. The second kappa shape index (κ2) is 5.35. The molecule has 0 aromatic carbocycles. The number of hydrogen-bond donors (Lipinski definition) is 2. The number of ether oxygens (including phenoxy) is 1. The second-order valence-corrected chi connectivity index (χ2v) is 2.94. The summed E-state index contributed by atoms with van der Waals surface area (Å²) < 4.78 is 4.72. The molecule has 0 fully saturated rings. The van der Waals surface area contributed by atoms with Gasteiger partial charge < -0.3 is 15.8 Å². The molecule has 6 nitrogen and oxygen atoms in total. The zero-order chi connectivity index (χ0) is 11.3. The Morgan fingerprint density at radius 3 is 3.07 bits per heavy atom. The maximum Gasteiger partial charge on any atom is 0.325 e. The highest BCUT2D eigenvalue weighted by atomic mass is 35.5. The fourth-order valence-electron chi connectivity index (χ4n) is 0.883. The fraction of sp³-hybridized carbons (Fsp3) is 0.375. The molecule has 1 rings (SSSR count). The molecule has 15 heavy (non-hydrogen) atoms. The van der Waals surface area contributed by atoms with E-state index in [0.29, 0.717) is 12.4 Å². The topological polar surface area (TPSA) is 90.1 Å². The van der Waals surface area contributed by atoms with Crippen LogP contribution in [0.15, 0.2) is 6.33 Å². The van der Waals surface area contributed by atoms with E-state index in [0.717, 1.165) is 0 Å². The Morgan fingerprint density at radius 1 is 1.67 bits per heavy atom. The predicted octanol–water partition coefficient (Wildman–Crippen LogP) is 0.687. The van der Waals surface area contributed by atoms with E-state index in [9.17, 15) is 4.79 Å². The fourth-order valence-corrected chi connectivity index (χ4v) is 1.02. The smallest absolute Gasteiger partial charge is 0.325 e. The van der Waals surface area contributed by atoms with E-state index >= 15 is 0 Å². The van der Waals surface area contributed by atoms with E-state index in [-0.39, 0.29) is 23.4 Å². The summed E-state index contributed by atoms with van der Waals surface area (Å²) >= 11 is 5.66. The number of nitrogens with two attached hydrogens (primary N) is 1. The van der Waals surface area contributed by atoms with Crippen LogP contribution >= 0.6 is 11.6 Å².